The van der Waals surface area contributed by atoms with E-state index in [0.29, 0.717) is 5.56 Å². The zero-order chi connectivity index (χ0) is 26.7. The molecule has 0 saturated heterocycles. The summed E-state index contributed by atoms with van der Waals surface area (Å²) in [4.78, 5) is 70.6. The van der Waals surface area contributed by atoms with Gasteiger partial charge in [-0.1, -0.05) is 12.1 Å². The van der Waals surface area contributed by atoms with Crippen molar-refractivity contribution in [1.29, 1.82) is 0 Å². The molecule has 14 nitrogen and oxygen atoms in total. The van der Waals surface area contributed by atoms with Crippen LogP contribution >= 0.6 is 12.6 Å². The van der Waals surface area contributed by atoms with E-state index in [1.807, 2.05) is 5.32 Å². The molecule has 0 fully saturated rings. The zero-order valence-corrected chi connectivity index (χ0v) is 19.1. The lowest BCUT2D eigenvalue weighted by molar-refractivity contribution is -0.143. The van der Waals surface area contributed by atoms with Crippen LogP contribution in [0.4, 0.5) is 0 Å². The number of hydrogen-bond acceptors (Lipinski definition) is 9. The molecule has 1 aromatic carbocycles. The van der Waals surface area contributed by atoms with E-state index in [1.165, 1.54) is 24.3 Å². The lowest BCUT2D eigenvalue weighted by Gasteiger charge is -2.23. The van der Waals surface area contributed by atoms with Crippen LogP contribution in [0.15, 0.2) is 24.3 Å². The van der Waals surface area contributed by atoms with E-state index in [2.05, 4.69) is 23.3 Å². The molecule has 4 unspecified atom stereocenters. The number of nitrogens with one attached hydrogen (secondary N) is 3. The SMILES string of the molecule is NC(CC(=O)O)C(=O)NC(CC(=O)O)C(=O)NC(CS)C(=O)NC(Cc1ccc(O)cc1)C(=O)O. The molecule has 9 N–H and O–H groups in total. The van der Waals surface area contributed by atoms with Gasteiger partial charge in [-0.2, -0.15) is 12.6 Å². The van der Waals surface area contributed by atoms with Crippen LogP contribution in [0.1, 0.15) is 18.4 Å². The van der Waals surface area contributed by atoms with E-state index < -0.39 is 72.6 Å². The van der Waals surface area contributed by atoms with Gasteiger partial charge in [0.2, 0.25) is 17.7 Å². The lowest BCUT2D eigenvalue weighted by atomic mass is 10.1. The van der Waals surface area contributed by atoms with Crippen LogP contribution in [0.25, 0.3) is 0 Å². The Labute approximate surface area is 204 Å². The molecule has 0 radical (unpaired) electrons. The van der Waals surface area contributed by atoms with Crippen molar-refractivity contribution < 1.29 is 49.2 Å². The fourth-order valence-electron chi connectivity index (χ4n) is 2.75. The van der Waals surface area contributed by atoms with Crippen LogP contribution in [-0.2, 0) is 35.2 Å². The number of aromatic hydroxyl groups is 1. The molecule has 0 aliphatic heterocycles. The van der Waals surface area contributed by atoms with Crippen molar-refractivity contribution >= 4 is 48.3 Å². The second kappa shape index (κ2) is 13.8. The van der Waals surface area contributed by atoms with E-state index in [4.69, 9.17) is 15.9 Å². The van der Waals surface area contributed by atoms with Crippen LogP contribution < -0.4 is 21.7 Å². The van der Waals surface area contributed by atoms with Gasteiger partial charge >= 0.3 is 17.9 Å². The summed E-state index contributed by atoms with van der Waals surface area (Å²) in [6.45, 7) is 0. The van der Waals surface area contributed by atoms with Crippen molar-refractivity contribution in [3.8, 4) is 5.75 Å². The molecule has 0 aromatic heterocycles. The van der Waals surface area contributed by atoms with Crippen molar-refractivity contribution in [2.45, 2.75) is 43.4 Å². The third-order valence-electron chi connectivity index (χ3n) is 4.55. The molecule has 0 spiro atoms. The highest BCUT2D eigenvalue weighted by Crippen LogP contribution is 2.11. The van der Waals surface area contributed by atoms with Crippen LogP contribution in [0.5, 0.6) is 5.75 Å². The highest BCUT2D eigenvalue weighted by atomic mass is 32.1. The van der Waals surface area contributed by atoms with Gasteiger partial charge in [0, 0.05) is 12.2 Å². The fourth-order valence-corrected chi connectivity index (χ4v) is 3.01. The number of rotatable bonds is 14. The van der Waals surface area contributed by atoms with Gasteiger partial charge in [0.05, 0.1) is 18.9 Å². The van der Waals surface area contributed by atoms with Gasteiger partial charge in [0.1, 0.15) is 23.9 Å². The Kier molecular flexibility index (Phi) is 11.5. The molecule has 0 saturated carbocycles. The average Bonchev–Trinajstić information content (AvgIpc) is 2.76. The molecular weight excluding hydrogens is 488 g/mol. The molecule has 0 aliphatic carbocycles. The summed E-state index contributed by atoms with van der Waals surface area (Å²) in [5, 5.41) is 43.0. The Morgan fingerprint density at radius 1 is 0.771 bits per heavy atom. The molecule has 0 bridgehead atoms. The van der Waals surface area contributed by atoms with Gasteiger partial charge in [0.15, 0.2) is 0 Å². The van der Waals surface area contributed by atoms with Gasteiger partial charge in [-0.05, 0) is 17.7 Å². The molecule has 192 valence electrons. The minimum atomic E-state index is -1.71. The molecular formula is C20H26N4O10S. The maximum atomic E-state index is 12.6. The van der Waals surface area contributed by atoms with Crippen LogP contribution in [0, 0.1) is 0 Å². The Balaban J connectivity index is 2.89. The molecule has 4 atom stereocenters. The predicted octanol–water partition coefficient (Wildman–Crippen LogP) is -2.32. The monoisotopic (exact) mass is 514 g/mol. The number of carbonyl (C=O) groups excluding carboxylic acids is 3. The smallest absolute Gasteiger partial charge is 0.326 e. The summed E-state index contributed by atoms with van der Waals surface area (Å²) < 4.78 is 0. The first-order valence-corrected chi connectivity index (χ1v) is 10.7. The zero-order valence-electron chi connectivity index (χ0n) is 18.2. The van der Waals surface area contributed by atoms with E-state index >= 15 is 0 Å². The van der Waals surface area contributed by atoms with Crippen molar-refractivity contribution in [3.05, 3.63) is 29.8 Å². The maximum absolute atomic E-state index is 12.6. The molecule has 3 amide bonds. The summed E-state index contributed by atoms with van der Waals surface area (Å²) in [5.74, 6) is -7.74. The first kappa shape index (κ1) is 29.2. The predicted molar refractivity (Wildman–Crippen MR) is 122 cm³/mol. The maximum Gasteiger partial charge on any atom is 0.326 e. The highest BCUT2D eigenvalue weighted by molar-refractivity contribution is 7.80. The van der Waals surface area contributed by atoms with Gasteiger partial charge < -0.3 is 42.1 Å². The van der Waals surface area contributed by atoms with E-state index in [0.717, 1.165) is 0 Å². The number of hydrogen-bond donors (Lipinski definition) is 9. The second-order valence-electron chi connectivity index (χ2n) is 7.38. The Bertz CT molecular complexity index is 956. The summed E-state index contributed by atoms with van der Waals surface area (Å²) >= 11 is 3.95. The third kappa shape index (κ3) is 10.3. The number of aliphatic carboxylic acids is 3. The number of amides is 3. The molecule has 1 aromatic rings. The Morgan fingerprint density at radius 2 is 1.26 bits per heavy atom. The largest absolute Gasteiger partial charge is 0.508 e. The van der Waals surface area contributed by atoms with E-state index in [-0.39, 0.29) is 17.9 Å². The van der Waals surface area contributed by atoms with Gasteiger partial charge in [0.25, 0.3) is 0 Å². The average molecular weight is 515 g/mol. The summed E-state index contributed by atoms with van der Waals surface area (Å²) in [6.07, 6.45) is -1.82. The summed E-state index contributed by atoms with van der Waals surface area (Å²) in [7, 11) is 0. The number of phenols is 1. The molecule has 1 rings (SSSR count). The van der Waals surface area contributed by atoms with Gasteiger partial charge in [-0.15, -0.1) is 0 Å². The van der Waals surface area contributed by atoms with Crippen molar-refractivity contribution in [3.63, 3.8) is 0 Å². The number of carboxylic acid groups (broad SMARTS) is 3. The number of carbonyl (C=O) groups is 6. The normalized spacial score (nSPS) is 14.0. The lowest BCUT2D eigenvalue weighted by Crippen LogP contribution is -2.58. The Hall–Kier alpha value is -3.85. The number of thiol groups is 1. The van der Waals surface area contributed by atoms with Gasteiger partial charge in [-0.3, -0.25) is 24.0 Å². The highest BCUT2D eigenvalue weighted by Gasteiger charge is 2.31. The van der Waals surface area contributed by atoms with E-state index in [9.17, 15) is 39.0 Å². The van der Waals surface area contributed by atoms with Gasteiger partial charge in [-0.25, -0.2) is 4.79 Å². The van der Waals surface area contributed by atoms with Crippen LogP contribution in [0.2, 0.25) is 0 Å². The summed E-state index contributed by atoms with van der Waals surface area (Å²) in [5.41, 5.74) is 5.90. The van der Waals surface area contributed by atoms with E-state index in [1.54, 1.807) is 0 Å². The van der Waals surface area contributed by atoms with Crippen molar-refractivity contribution in [2.75, 3.05) is 5.75 Å². The quantitative estimate of drug-likeness (QED) is 0.119. The standard InChI is InChI=1S/C20H26N4O10S/c21-11(6-15(26)27)17(30)22-12(7-16(28)29)18(31)24-14(8-35)19(32)23-13(20(33)34)5-9-1-3-10(25)4-2-9/h1-4,11-14,25,35H,5-8,21H2,(H,22,30)(H,23,32)(H,24,31)(H,26,27)(H,28,29)(H,33,34). The number of nitrogens with two attached hydrogens (primary N) is 1. The number of phenolic OH excluding ortho intramolecular Hbond substituents is 1. The van der Waals surface area contributed by atoms with Crippen LogP contribution in [-0.4, -0.2) is 86.0 Å². The third-order valence-corrected chi connectivity index (χ3v) is 4.91. The minimum Gasteiger partial charge on any atom is -0.508 e. The first-order chi connectivity index (χ1) is 16.3. The number of carboxylic acids is 3. The molecule has 15 heteroatoms. The fraction of sp³-hybridized carbons (Fsp3) is 0.400. The Morgan fingerprint density at radius 3 is 1.74 bits per heavy atom. The molecule has 35 heavy (non-hydrogen) atoms. The first-order valence-electron chi connectivity index (χ1n) is 10.1. The van der Waals surface area contributed by atoms with Crippen LogP contribution in [0.3, 0.4) is 0 Å². The minimum absolute atomic E-state index is 0.0329. The topological polar surface area (TPSA) is 245 Å². The van der Waals surface area contributed by atoms with Crippen molar-refractivity contribution in [2.24, 2.45) is 5.73 Å². The molecule has 0 aliphatic rings. The number of benzene rings is 1. The second-order valence-corrected chi connectivity index (χ2v) is 7.74. The molecule has 0 heterocycles. The van der Waals surface area contributed by atoms with Crippen molar-refractivity contribution in [1.82, 2.24) is 16.0 Å². The summed E-state index contributed by atoms with van der Waals surface area (Å²) in [6, 6.07) is -0.479.